The lowest BCUT2D eigenvalue weighted by Crippen LogP contribution is -2.10. The highest BCUT2D eigenvalue weighted by molar-refractivity contribution is 5.93. The van der Waals surface area contributed by atoms with E-state index in [1.165, 1.54) is 19.2 Å². The molecular formula is C23H18FNO3. The van der Waals surface area contributed by atoms with Crippen LogP contribution in [-0.4, -0.2) is 17.2 Å². The minimum absolute atomic E-state index is 0.0964. The van der Waals surface area contributed by atoms with Gasteiger partial charge in [-0.15, -0.1) is 0 Å². The number of pyridine rings is 1. The van der Waals surface area contributed by atoms with Gasteiger partial charge in [0.15, 0.2) is 0 Å². The molecule has 0 fully saturated rings. The van der Waals surface area contributed by atoms with Crippen LogP contribution in [0.3, 0.4) is 0 Å². The predicted molar refractivity (Wildman–Crippen MR) is 108 cm³/mol. The minimum atomic E-state index is -0.405. The standard InChI is InChI=1S/C23H18FNO3/c1-13-6-7-15(14-4-3-5-16(24)10-14)11-19(13)21-22(26)18-9-8-17(28-2)12-20(18)25-23(21)27/h3-12H,1-2H3,(H2,25,26,27). The van der Waals surface area contributed by atoms with E-state index in [1.807, 2.05) is 19.1 Å². The van der Waals surface area contributed by atoms with Crippen LogP contribution in [-0.2, 0) is 0 Å². The number of aryl methyl sites for hydroxylation is 1. The fourth-order valence-corrected chi connectivity index (χ4v) is 3.38. The van der Waals surface area contributed by atoms with Gasteiger partial charge < -0.3 is 14.8 Å². The van der Waals surface area contributed by atoms with Crippen molar-refractivity contribution < 1.29 is 14.2 Å². The maximum Gasteiger partial charge on any atom is 0.260 e. The lowest BCUT2D eigenvalue weighted by Gasteiger charge is -2.13. The SMILES string of the molecule is COc1ccc2c(O)c(-c3cc(-c4cccc(F)c4)ccc3C)c(=O)[nH]c2c1. The van der Waals surface area contributed by atoms with Crippen LogP contribution in [0.15, 0.2) is 65.5 Å². The average molecular weight is 375 g/mol. The van der Waals surface area contributed by atoms with Crippen molar-refractivity contribution >= 4 is 10.9 Å². The second kappa shape index (κ2) is 6.85. The zero-order valence-corrected chi connectivity index (χ0v) is 15.4. The van der Waals surface area contributed by atoms with Gasteiger partial charge in [0.05, 0.1) is 18.2 Å². The van der Waals surface area contributed by atoms with E-state index in [0.717, 1.165) is 11.1 Å². The molecule has 0 atom stereocenters. The number of methoxy groups -OCH3 is 1. The number of H-pyrrole nitrogens is 1. The highest BCUT2D eigenvalue weighted by Gasteiger charge is 2.17. The summed E-state index contributed by atoms with van der Waals surface area (Å²) in [5.41, 5.74) is 3.15. The molecule has 1 aromatic heterocycles. The summed E-state index contributed by atoms with van der Waals surface area (Å²) in [6.45, 7) is 1.86. The Labute approximate surface area is 160 Å². The summed E-state index contributed by atoms with van der Waals surface area (Å²) in [6.07, 6.45) is 0. The first-order valence-electron chi connectivity index (χ1n) is 8.78. The van der Waals surface area contributed by atoms with E-state index >= 15 is 0 Å². The lowest BCUT2D eigenvalue weighted by atomic mass is 9.94. The van der Waals surface area contributed by atoms with Gasteiger partial charge in [-0.3, -0.25) is 4.79 Å². The first-order chi connectivity index (χ1) is 13.5. The van der Waals surface area contributed by atoms with Crippen LogP contribution in [0.25, 0.3) is 33.2 Å². The topological polar surface area (TPSA) is 62.3 Å². The van der Waals surface area contributed by atoms with E-state index in [0.29, 0.717) is 27.8 Å². The number of aromatic amines is 1. The van der Waals surface area contributed by atoms with Crippen LogP contribution >= 0.6 is 0 Å². The van der Waals surface area contributed by atoms with Crippen LogP contribution < -0.4 is 10.3 Å². The summed E-state index contributed by atoms with van der Waals surface area (Å²) < 4.78 is 18.8. The first-order valence-corrected chi connectivity index (χ1v) is 8.78. The van der Waals surface area contributed by atoms with E-state index in [4.69, 9.17) is 4.74 Å². The number of fused-ring (bicyclic) bond motifs is 1. The monoisotopic (exact) mass is 375 g/mol. The third-order valence-electron chi connectivity index (χ3n) is 4.86. The molecule has 4 aromatic rings. The Kier molecular flexibility index (Phi) is 4.35. The zero-order chi connectivity index (χ0) is 19.8. The number of rotatable bonds is 3. The summed E-state index contributed by atoms with van der Waals surface area (Å²) in [5, 5.41) is 11.4. The van der Waals surface area contributed by atoms with Crippen molar-refractivity contribution in [3.05, 3.63) is 82.4 Å². The van der Waals surface area contributed by atoms with Crippen molar-refractivity contribution in [2.75, 3.05) is 7.11 Å². The number of aromatic nitrogens is 1. The summed E-state index contributed by atoms with van der Waals surface area (Å²) in [7, 11) is 1.54. The molecule has 0 saturated heterocycles. The molecule has 28 heavy (non-hydrogen) atoms. The molecule has 4 nitrogen and oxygen atoms in total. The Bertz CT molecular complexity index is 1260. The third kappa shape index (κ3) is 3.01. The molecule has 0 bridgehead atoms. The van der Waals surface area contributed by atoms with Crippen molar-refractivity contribution in [2.45, 2.75) is 6.92 Å². The highest BCUT2D eigenvalue weighted by atomic mass is 19.1. The molecule has 0 spiro atoms. The third-order valence-corrected chi connectivity index (χ3v) is 4.86. The molecule has 2 N–H and O–H groups in total. The number of benzene rings is 3. The number of nitrogens with one attached hydrogen (secondary N) is 1. The summed E-state index contributed by atoms with van der Waals surface area (Å²) >= 11 is 0. The second-order valence-corrected chi connectivity index (χ2v) is 6.63. The van der Waals surface area contributed by atoms with Crippen LogP contribution in [0.2, 0.25) is 0 Å². The van der Waals surface area contributed by atoms with Gasteiger partial charge in [0.1, 0.15) is 17.3 Å². The fourth-order valence-electron chi connectivity index (χ4n) is 3.38. The van der Waals surface area contributed by atoms with Crippen molar-refractivity contribution in [1.82, 2.24) is 4.98 Å². The van der Waals surface area contributed by atoms with Crippen molar-refractivity contribution in [3.63, 3.8) is 0 Å². The van der Waals surface area contributed by atoms with Crippen LogP contribution in [0.1, 0.15) is 5.56 Å². The van der Waals surface area contributed by atoms with E-state index in [2.05, 4.69) is 4.98 Å². The minimum Gasteiger partial charge on any atom is -0.506 e. The van der Waals surface area contributed by atoms with Crippen molar-refractivity contribution in [3.8, 4) is 33.8 Å². The second-order valence-electron chi connectivity index (χ2n) is 6.63. The number of aromatic hydroxyl groups is 1. The molecule has 1 heterocycles. The van der Waals surface area contributed by atoms with Gasteiger partial charge in [0.2, 0.25) is 0 Å². The molecule has 0 aliphatic carbocycles. The number of halogens is 1. The molecular weight excluding hydrogens is 357 g/mol. The maximum absolute atomic E-state index is 13.6. The van der Waals surface area contributed by atoms with E-state index in [9.17, 15) is 14.3 Å². The van der Waals surface area contributed by atoms with Crippen molar-refractivity contribution in [2.24, 2.45) is 0 Å². The van der Waals surface area contributed by atoms with E-state index in [-0.39, 0.29) is 17.1 Å². The van der Waals surface area contributed by atoms with Crippen LogP contribution in [0.4, 0.5) is 4.39 Å². The molecule has 0 unspecified atom stereocenters. The van der Waals surface area contributed by atoms with Gasteiger partial charge in [-0.25, -0.2) is 4.39 Å². The molecule has 0 aliphatic rings. The molecule has 0 amide bonds. The smallest absolute Gasteiger partial charge is 0.260 e. The largest absolute Gasteiger partial charge is 0.506 e. The zero-order valence-electron chi connectivity index (χ0n) is 15.4. The fraction of sp³-hybridized carbons (Fsp3) is 0.0870. The molecule has 4 rings (SSSR count). The Morgan fingerprint density at radius 3 is 2.54 bits per heavy atom. The summed E-state index contributed by atoms with van der Waals surface area (Å²) in [6, 6.07) is 16.9. The molecule has 0 radical (unpaired) electrons. The van der Waals surface area contributed by atoms with Gasteiger partial charge in [0.25, 0.3) is 5.56 Å². The van der Waals surface area contributed by atoms with Gasteiger partial charge in [-0.1, -0.05) is 24.3 Å². The molecule has 3 aromatic carbocycles. The number of ether oxygens (including phenoxy) is 1. The first kappa shape index (κ1) is 17.8. The molecule has 5 heteroatoms. The molecule has 0 aliphatic heterocycles. The van der Waals surface area contributed by atoms with E-state index < -0.39 is 5.56 Å². The van der Waals surface area contributed by atoms with Gasteiger partial charge in [-0.2, -0.15) is 0 Å². The van der Waals surface area contributed by atoms with Gasteiger partial charge in [0, 0.05) is 11.5 Å². The Morgan fingerprint density at radius 2 is 1.79 bits per heavy atom. The van der Waals surface area contributed by atoms with Gasteiger partial charge in [-0.05, 0) is 59.5 Å². The number of hydrogen-bond donors (Lipinski definition) is 2. The van der Waals surface area contributed by atoms with Crippen LogP contribution in [0.5, 0.6) is 11.5 Å². The Morgan fingerprint density at radius 1 is 1.00 bits per heavy atom. The molecule has 140 valence electrons. The highest BCUT2D eigenvalue weighted by Crippen LogP contribution is 2.36. The Hall–Kier alpha value is -3.60. The lowest BCUT2D eigenvalue weighted by molar-refractivity contribution is 0.415. The number of hydrogen-bond acceptors (Lipinski definition) is 3. The van der Waals surface area contributed by atoms with Crippen molar-refractivity contribution in [1.29, 1.82) is 0 Å². The molecule has 0 saturated carbocycles. The maximum atomic E-state index is 13.6. The summed E-state index contributed by atoms with van der Waals surface area (Å²) in [4.78, 5) is 15.6. The average Bonchev–Trinajstić information content (AvgIpc) is 2.68. The summed E-state index contributed by atoms with van der Waals surface area (Å²) in [5.74, 6) is 0.153. The quantitative estimate of drug-likeness (QED) is 0.528. The predicted octanol–water partition coefficient (Wildman–Crippen LogP) is 5.02. The van der Waals surface area contributed by atoms with E-state index in [1.54, 1.807) is 36.4 Å². The van der Waals surface area contributed by atoms with Gasteiger partial charge >= 0.3 is 0 Å². The normalized spacial score (nSPS) is 11.0. The van der Waals surface area contributed by atoms with Crippen LogP contribution in [0, 0.1) is 12.7 Å². The Balaban J connectivity index is 1.95.